The number of fused-ring (bicyclic) bond motifs is 6. The molecule has 0 aliphatic carbocycles. The van der Waals surface area contributed by atoms with Gasteiger partial charge in [0.05, 0.1) is 23.5 Å². The number of rotatable bonds is 6. The summed E-state index contributed by atoms with van der Waals surface area (Å²) in [6, 6.07) is 52.7. The van der Waals surface area contributed by atoms with Gasteiger partial charge in [-0.25, -0.2) is 15.0 Å². The van der Waals surface area contributed by atoms with Gasteiger partial charge in [0, 0.05) is 43.9 Å². The van der Waals surface area contributed by atoms with Crippen LogP contribution in [0.4, 0.5) is 0 Å². The Hall–Kier alpha value is -7.63. The first-order chi connectivity index (χ1) is 29.8. The van der Waals surface area contributed by atoms with Crippen LogP contribution in [-0.4, -0.2) is 19.5 Å². The predicted molar refractivity (Wildman–Crippen MR) is 229 cm³/mol. The van der Waals surface area contributed by atoms with E-state index < -0.39 is 6.04 Å². The first-order valence-electron chi connectivity index (χ1n) is 20.9. The van der Waals surface area contributed by atoms with Crippen LogP contribution in [0.15, 0.2) is 198 Å². The van der Waals surface area contributed by atoms with Crippen LogP contribution in [0.1, 0.15) is 6.85 Å². The van der Waals surface area contributed by atoms with Crippen molar-refractivity contribution >= 4 is 43.7 Å². The van der Waals surface area contributed by atoms with Crippen molar-refractivity contribution < 1.29 is 11.3 Å². The first-order valence-corrected chi connectivity index (χ1v) is 18.4. The summed E-state index contributed by atoms with van der Waals surface area (Å²) >= 11 is 0. The number of aromatic nitrogens is 4. The van der Waals surface area contributed by atoms with Crippen LogP contribution >= 0.6 is 0 Å². The number of hydrogen-bond donors (Lipinski definition) is 0. The summed E-state index contributed by atoms with van der Waals surface area (Å²) in [4.78, 5) is 15.3. The standard InChI is InChI=1S/C51H32N4O/c1-4-15-33(16-5-1)34-27-29-37(30-28-34)50-52-49(36-19-8-3-9-20-36)53-51(54-50)44-32-38(55-45-25-12-10-21-40(45)41-22-11-13-26-46(41)55)31-43-42-24-14-23-39(47(42)56-48(43)44)35-17-6-2-7-18-35/h1-32H/i1D,4D,5D,15D,16D. The lowest BCUT2D eigenvalue weighted by atomic mass is 10.0. The van der Waals surface area contributed by atoms with Gasteiger partial charge in [0.2, 0.25) is 0 Å². The van der Waals surface area contributed by atoms with Crippen LogP contribution < -0.4 is 0 Å². The molecule has 5 nitrogen and oxygen atoms in total. The maximum Gasteiger partial charge on any atom is 0.167 e. The van der Waals surface area contributed by atoms with Gasteiger partial charge in [0.15, 0.2) is 17.5 Å². The van der Waals surface area contributed by atoms with Gasteiger partial charge < -0.3 is 8.98 Å². The molecule has 8 aromatic carbocycles. The fourth-order valence-electron chi connectivity index (χ4n) is 7.75. The average Bonchev–Trinajstić information content (AvgIpc) is 3.87. The molecule has 0 unspecified atom stereocenters. The van der Waals surface area contributed by atoms with E-state index in [-0.39, 0.29) is 29.7 Å². The summed E-state index contributed by atoms with van der Waals surface area (Å²) in [5.41, 5.74) is 9.19. The highest BCUT2D eigenvalue weighted by atomic mass is 16.3. The van der Waals surface area contributed by atoms with Crippen LogP contribution in [0, 0.1) is 0 Å². The van der Waals surface area contributed by atoms with Crippen molar-refractivity contribution in [3.05, 3.63) is 194 Å². The Kier molecular flexibility index (Phi) is 6.29. The average molecular weight is 722 g/mol. The minimum atomic E-state index is -0.432. The van der Waals surface area contributed by atoms with Crippen molar-refractivity contribution in [3.63, 3.8) is 0 Å². The van der Waals surface area contributed by atoms with Crippen molar-refractivity contribution in [1.82, 2.24) is 19.5 Å². The zero-order valence-electron chi connectivity index (χ0n) is 34.8. The molecular formula is C51H32N4O. The molecule has 0 aliphatic heterocycles. The van der Waals surface area contributed by atoms with Gasteiger partial charge in [-0.3, -0.25) is 0 Å². The van der Waals surface area contributed by atoms with Gasteiger partial charge in [-0.2, -0.15) is 0 Å². The molecule has 11 rings (SSSR count). The maximum atomic E-state index is 8.55. The Morgan fingerprint density at radius 1 is 0.393 bits per heavy atom. The van der Waals surface area contributed by atoms with Crippen molar-refractivity contribution in [2.75, 3.05) is 0 Å². The smallest absolute Gasteiger partial charge is 0.167 e. The van der Waals surface area contributed by atoms with Crippen LogP contribution in [0.3, 0.4) is 0 Å². The van der Waals surface area contributed by atoms with Gasteiger partial charge >= 0.3 is 0 Å². The summed E-state index contributed by atoms with van der Waals surface area (Å²) in [5.74, 6) is 1.27. The van der Waals surface area contributed by atoms with Crippen molar-refractivity contribution in [2.45, 2.75) is 0 Å². The van der Waals surface area contributed by atoms with E-state index in [1.807, 2.05) is 48.5 Å². The molecule has 5 heteroatoms. The molecule has 0 bridgehead atoms. The molecule has 0 atom stereocenters. The molecule has 0 fully saturated rings. The third kappa shape index (κ3) is 5.29. The number of nitrogens with zero attached hydrogens (tertiary/aromatic N) is 4. The Morgan fingerprint density at radius 2 is 0.929 bits per heavy atom. The van der Waals surface area contributed by atoms with Crippen molar-refractivity contribution in [2.24, 2.45) is 0 Å². The topological polar surface area (TPSA) is 56.7 Å². The van der Waals surface area contributed by atoms with Gasteiger partial charge in [0.25, 0.3) is 0 Å². The van der Waals surface area contributed by atoms with E-state index in [1.165, 1.54) is 0 Å². The zero-order chi connectivity index (χ0) is 41.4. The second-order valence-corrected chi connectivity index (χ2v) is 13.6. The van der Waals surface area contributed by atoms with Gasteiger partial charge in [-0.1, -0.05) is 170 Å². The molecule has 3 heterocycles. The maximum absolute atomic E-state index is 8.55. The second kappa shape index (κ2) is 13.0. The molecule has 262 valence electrons. The lowest BCUT2D eigenvalue weighted by molar-refractivity contribution is 0.670. The third-order valence-electron chi connectivity index (χ3n) is 10.3. The molecule has 0 radical (unpaired) electrons. The first kappa shape index (κ1) is 27.0. The van der Waals surface area contributed by atoms with Crippen LogP contribution in [0.5, 0.6) is 0 Å². The van der Waals surface area contributed by atoms with Crippen LogP contribution in [-0.2, 0) is 0 Å². The molecule has 0 spiro atoms. The van der Waals surface area contributed by atoms with E-state index >= 15 is 0 Å². The van der Waals surface area contributed by atoms with E-state index in [0.29, 0.717) is 39.7 Å². The molecule has 0 N–H and O–H groups in total. The minimum Gasteiger partial charge on any atom is -0.455 e. The lowest BCUT2D eigenvalue weighted by Crippen LogP contribution is -2.01. The van der Waals surface area contributed by atoms with Crippen LogP contribution in [0.25, 0.3) is 106 Å². The molecule has 0 aliphatic rings. The highest BCUT2D eigenvalue weighted by molar-refractivity contribution is 6.15. The van der Waals surface area contributed by atoms with Crippen molar-refractivity contribution in [3.8, 4) is 62.1 Å². The Balaban J connectivity index is 1.18. The van der Waals surface area contributed by atoms with Gasteiger partial charge in [-0.15, -0.1) is 0 Å². The SMILES string of the molecule is [2H]c1c([2H])c([2H])c(-c2ccc(-c3nc(-c4ccccc4)nc(-c4cc(-n5c6ccccc6c6ccccc65)cc5c4oc4c(-c6ccccc6)cccc45)n3)cc2)c([2H])c1[2H]. The number of furan rings is 1. The molecular weight excluding hydrogens is 685 g/mol. The summed E-state index contributed by atoms with van der Waals surface area (Å²) in [6.07, 6.45) is 0. The number of para-hydroxylation sites is 3. The lowest BCUT2D eigenvalue weighted by Gasteiger charge is -2.12. The summed E-state index contributed by atoms with van der Waals surface area (Å²) in [6.45, 7) is 0. The normalized spacial score (nSPS) is 12.8. The largest absolute Gasteiger partial charge is 0.455 e. The zero-order valence-corrected chi connectivity index (χ0v) is 29.8. The third-order valence-corrected chi connectivity index (χ3v) is 10.3. The van der Waals surface area contributed by atoms with Crippen LogP contribution in [0.2, 0.25) is 0 Å². The second-order valence-electron chi connectivity index (χ2n) is 13.6. The fraction of sp³-hybridized carbons (Fsp3) is 0. The Labute approximate surface area is 329 Å². The Bertz CT molecular complexity index is 3450. The molecule has 11 aromatic rings. The van der Waals surface area contributed by atoms with Gasteiger partial charge in [-0.05, 0) is 41.0 Å². The Morgan fingerprint density at radius 3 is 1.61 bits per heavy atom. The molecule has 0 saturated carbocycles. The fourth-order valence-corrected chi connectivity index (χ4v) is 7.75. The summed E-state index contributed by atoms with van der Waals surface area (Å²) in [7, 11) is 0. The van der Waals surface area contributed by atoms with E-state index in [2.05, 4.69) is 95.6 Å². The number of hydrogen-bond acceptors (Lipinski definition) is 4. The van der Waals surface area contributed by atoms with E-state index in [9.17, 15) is 0 Å². The van der Waals surface area contributed by atoms with E-state index in [1.54, 1.807) is 24.3 Å². The molecule has 0 amide bonds. The monoisotopic (exact) mass is 721 g/mol. The summed E-state index contributed by atoms with van der Waals surface area (Å²) < 4.78 is 50.9. The van der Waals surface area contributed by atoms with E-state index in [4.69, 9.17) is 26.2 Å². The molecule has 56 heavy (non-hydrogen) atoms. The quantitative estimate of drug-likeness (QED) is 0.172. The van der Waals surface area contributed by atoms with E-state index in [0.717, 1.165) is 60.5 Å². The van der Waals surface area contributed by atoms with Gasteiger partial charge in [0.1, 0.15) is 11.2 Å². The highest BCUT2D eigenvalue weighted by Gasteiger charge is 2.22. The predicted octanol–water partition coefficient (Wildman–Crippen LogP) is 13.2. The molecule has 0 saturated heterocycles. The number of benzene rings is 8. The minimum absolute atomic E-state index is 0.128. The highest BCUT2D eigenvalue weighted by Crippen LogP contribution is 2.43. The summed E-state index contributed by atoms with van der Waals surface area (Å²) in [5, 5.41) is 4.16. The molecule has 3 aromatic heterocycles. The van der Waals surface area contributed by atoms with Crippen molar-refractivity contribution in [1.29, 1.82) is 0 Å².